The largest absolute Gasteiger partial charge is 0.508 e. The second-order valence-corrected chi connectivity index (χ2v) is 4.12. The van der Waals surface area contributed by atoms with Crippen LogP contribution in [0.3, 0.4) is 0 Å². The van der Waals surface area contributed by atoms with E-state index in [4.69, 9.17) is 0 Å². The molecule has 4 heteroatoms. The Morgan fingerprint density at radius 1 is 1.22 bits per heavy atom. The molecule has 0 aliphatic heterocycles. The summed E-state index contributed by atoms with van der Waals surface area (Å²) in [7, 11) is 0. The minimum Gasteiger partial charge on any atom is -0.508 e. The molecule has 0 saturated carbocycles. The molecule has 0 fully saturated rings. The minimum absolute atomic E-state index is 0.210. The van der Waals surface area contributed by atoms with Crippen LogP contribution in [0.15, 0.2) is 36.5 Å². The van der Waals surface area contributed by atoms with Crippen LogP contribution >= 0.6 is 0 Å². The lowest BCUT2D eigenvalue weighted by atomic mass is 10.2. The Hall–Kier alpha value is -2.36. The van der Waals surface area contributed by atoms with Crippen molar-refractivity contribution in [2.45, 2.75) is 13.8 Å². The van der Waals surface area contributed by atoms with Crippen molar-refractivity contribution in [1.82, 2.24) is 4.98 Å². The van der Waals surface area contributed by atoms with Crippen LogP contribution in [0.5, 0.6) is 5.75 Å². The third-order valence-electron chi connectivity index (χ3n) is 2.68. The smallest absolute Gasteiger partial charge is 0.274 e. The number of amides is 1. The standard InChI is InChI=1S/C14H14N2O2/c1-9-4-3-7-15-13(9)14(18)16-11-5-6-12(17)10(2)8-11/h3-8,17H,1-2H3,(H,16,18). The van der Waals surface area contributed by atoms with E-state index in [2.05, 4.69) is 10.3 Å². The molecule has 1 aromatic heterocycles. The Morgan fingerprint density at radius 2 is 2.00 bits per heavy atom. The van der Waals surface area contributed by atoms with Crippen molar-refractivity contribution in [1.29, 1.82) is 0 Å². The van der Waals surface area contributed by atoms with Gasteiger partial charge in [0.05, 0.1) is 0 Å². The molecule has 0 bridgehead atoms. The van der Waals surface area contributed by atoms with E-state index in [0.29, 0.717) is 16.9 Å². The van der Waals surface area contributed by atoms with E-state index >= 15 is 0 Å². The molecular weight excluding hydrogens is 228 g/mol. The molecule has 1 heterocycles. The predicted molar refractivity (Wildman–Crippen MR) is 69.8 cm³/mol. The molecule has 18 heavy (non-hydrogen) atoms. The molecule has 2 aromatic rings. The van der Waals surface area contributed by atoms with Crippen LogP contribution in [0.1, 0.15) is 21.6 Å². The Morgan fingerprint density at radius 3 is 2.67 bits per heavy atom. The number of nitrogens with zero attached hydrogens (tertiary/aromatic N) is 1. The fraction of sp³-hybridized carbons (Fsp3) is 0.143. The van der Waals surface area contributed by atoms with E-state index in [1.54, 1.807) is 37.4 Å². The highest BCUT2D eigenvalue weighted by Gasteiger charge is 2.10. The lowest BCUT2D eigenvalue weighted by Gasteiger charge is -2.08. The highest BCUT2D eigenvalue weighted by atomic mass is 16.3. The van der Waals surface area contributed by atoms with Crippen LogP contribution < -0.4 is 5.32 Å². The zero-order valence-corrected chi connectivity index (χ0v) is 10.3. The minimum atomic E-state index is -0.252. The number of phenols is 1. The molecule has 4 nitrogen and oxygen atoms in total. The van der Waals surface area contributed by atoms with Gasteiger partial charge in [-0.25, -0.2) is 0 Å². The molecule has 1 aromatic carbocycles. The SMILES string of the molecule is Cc1cc(NC(=O)c2ncccc2C)ccc1O. The summed E-state index contributed by atoms with van der Waals surface area (Å²) in [6.45, 7) is 3.61. The number of aromatic hydroxyl groups is 1. The molecule has 0 aliphatic rings. The summed E-state index contributed by atoms with van der Waals surface area (Å²) in [6.07, 6.45) is 1.59. The summed E-state index contributed by atoms with van der Waals surface area (Å²) in [5, 5.41) is 12.2. The third-order valence-corrected chi connectivity index (χ3v) is 2.68. The maximum Gasteiger partial charge on any atom is 0.274 e. The van der Waals surface area contributed by atoms with Gasteiger partial charge in [-0.3, -0.25) is 9.78 Å². The van der Waals surface area contributed by atoms with E-state index in [1.807, 2.05) is 13.0 Å². The van der Waals surface area contributed by atoms with Crippen molar-refractivity contribution < 1.29 is 9.90 Å². The Balaban J connectivity index is 2.22. The van der Waals surface area contributed by atoms with Crippen molar-refractivity contribution in [2.75, 3.05) is 5.32 Å². The first-order valence-corrected chi connectivity index (χ1v) is 5.60. The van der Waals surface area contributed by atoms with Gasteiger partial charge in [0.2, 0.25) is 0 Å². The summed E-state index contributed by atoms with van der Waals surface area (Å²) in [5.41, 5.74) is 2.58. The van der Waals surface area contributed by atoms with E-state index in [0.717, 1.165) is 5.56 Å². The number of aromatic nitrogens is 1. The number of hydrogen-bond acceptors (Lipinski definition) is 3. The number of aryl methyl sites for hydroxylation is 2. The van der Waals surface area contributed by atoms with Gasteiger partial charge in [0.1, 0.15) is 11.4 Å². The van der Waals surface area contributed by atoms with Crippen molar-refractivity contribution in [3.63, 3.8) is 0 Å². The zero-order valence-electron chi connectivity index (χ0n) is 10.3. The van der Waals surface area contributed by atoms with Crippen LogP contribution in [0, 0.1) is 13.8 Å². The molecule has 92 valence electrons. The van der Waals surface area contributed by atoms with Crippen molar-refractivity contribution in [3.8, 4) is 5.75 Å². The summed E-state index contributed by atoms with van der Waals surface area (Å²) in [6, 6.07) is 8.54. The highest BCUT2D eigenvalue weighted by molar-refractivity contribution is 6.03. The fourth-order valence-electron chi connectivity index (χ4n) is 1.65. The predicted octanol–water partition coefficient (Wildman–Crippen LogP) is 2.66. The van der Waals surface area contributed by atoms with Gasteiger partial charge < -0.3 is 10.4 Å². The van der Waals surface area contributed by atoms with Crippen LogP contribution in [0.25, 0.3) is 0 Å². The van der Waals surface area contributed by atoms with Gasteiger partial charge in [0.15, 0.2) is 0 Å². The number of carbonyl (C=O) groups is 1. The van der Waals surface area contributed by atoms with Crippen LogP contribution in [-0.4, -0.2) is 16.0 Å². The lowest BCUT2D eigenvalue weighted by molar-refractivity contribution is 0.102. The number of phenolic OH excluding ortho intramolecular Hbond substituents is 1. The summed E-state index contributed by atoms with van der Waals surface area (Å²) in [4.78, 5) is 16.0. The number of benzene rings is 1. The number of carbonyl (C=O) groups excluding carboxylic acids is 1. The molecule has 0 saturated heterocycles. The van der Waals surface area contributed by atoms with Gasteiger partial charge in [-0.1, -0.05) is 6.07 Å². The fourth-order valence-corrected chi connectivity index (χ4v) is 1.65. The van der Waals surface area contributed by atoms with Crippen LogP contribution in [0.4, 0.5) is 5.69 Å². The topological polar surface area (TPSA) is 62.2 Å². The highest BCUT2D eigenvalue weighted by Crippen LogP contribution is 2.20. The zero-order chi connectivity index (χ0) is 13.1. The second kappa shape index (κ2) is 4.87. The Labute approximate surface area is 105 Å². The van der Waals surface area contributed by atoms with E-state index < -0.39 is 0 Å². The second-order valence-electron chi connectivity index (χ2n) is 4.12. The molecule has 0 aliphatic carbocycles. The molecule has 0 unspecified atom stereocenters. The number of rotatable bonds is 2. The maximum absolute atomic E-state index is 12.0. The van der Waals surface area contributed by atoms with Crippen molar-refractivity contribution in [3.05, 3.63) is 53.3 Å². The molecule has 0 atom stereocenters. The average Bonchev–Trinajstić information content (AvgIpc) is 2.34. The van der Waals surface area contributed by atoms with Crippen molar-refractivity contribution in [2.24, 2.45) is 0 Å². The first-order chi connectivity index (χ1) is 8.58. The monoisotopic (exact) mass is 242 g/mol. The molecule has 0 spiro atoms. The molecule has 2 N–H and O–H groups in total. The number of nitrogens with one attached hydrogen (secondary N) is 1. The first kappa shape index (κ1) is 12.1. The molecule has 2 rings (SSSR count). The van der Waals surface area contributed by atoms with Crippen LogP contribution in [0.2, 0.25) is 0 Å². The Bertz CT molecular complexity index is 594. The summed E-state index contributed by atoms with van der Waals surface area (Å²) >= 11 is 0. The first-order valence-electron chi connectivity index (χ1n) is 5.60. The van der Waals surface area contributed by atoms with Gasteiger partial charge in [0, 0.05) is 11.9 Å². The number of hydrogen-bond donors (Lipinski definition) is 2. The van der Waals surface area contributed by atoms with E-state index in [-0.39, 0.29) is 11.7 Å². The quantitative estimate of drug-likeness (QED) is 0.796. The average molecular weight is 242 g/mol. The Kier molecular flexibility index (Phi) is 3.28. The third kappa shape index (κ3) is 2.48. The van der Waals surface area contributed by atoms with Gasteiger partial charge in [-0.05, 0) is 49.2 Å². The molecule has 0 radical (unpaired) electrons. The summed E-state index contributed by atoms with van der Waals surface area (Å²) in [5.74, 6) is -0.0415. The van der Waals surface area contributed by atoms with Gasteiger partial charge in [-0.2, -0.15) is 0 Å². The molecule has 1 amide bonds. The number of anilines is 1. The van der Waals surface area contributed by atoms with Gasteiger partial charge in [-0.15, -0.1) is 0 Å². The number of pyridine rings is 1. The van der Waals surface area contributed by atoms with E-state index in [9.17, 15) is 9.90 Å². The summed E-state index contributed by atoms with van der Waals surface area (Å²) < 4.78 is 0. The van der Waals surface area contributed by atoms with Gasteiger partial charge in [0.25, 0.3) is 5.91 Å². The lowest BCUT2D eigenvalue weighted by Crippen LogP contribution is -2.15. The van der Waals surface area contributed by atoms with E-state index in [1.165, 1.54) is 0 Å². The van der Waals surface area contributed by atoms with Crippen molar-refractivity contribution >= 4 is 11.6 Å². The normalized spacial score (nSPS) is 10.1. The molecular formula is C14H14N2O2. The van der Waals surface area contributed by atoms with Gasteiger partial charge >= 0.3 is 0 Å². The van der Waals surface area contributed by atoms with Crippen LogP contribution in [-0.2, 0) is 0 Å². The maximum atomic E-state index is 12.0.